The van der Waals surface area contributed by atoms with Crippen LogP contribution in [0.4, 0.5) is 10.2 Å². The third-order valence-electron chi connectivity index (χ3n) is 10.2. The summed E-state index contributed by atoms with van der Waals surface area (Å²) >= 11 is 0. The lowest BCUT2D eigenvalue weighted by atomic mass is 9.93. The molecule has 0 spiro atoms. The van der Waals surface area contributed by atoms with E-state index >= 15 is 0 Å². The van der Waals surface area contributed by atoms with Gasteiger partial charge in [-0.2, -0.15) is 10.4 Å². The number of aliphatic hydroxyl groups is 2. The number of rotatable bonds is 28. The highest BCUT2D eigenvalue weighted by Crippen LogP contribution is 2.46. The molecule has 316 valence electrons. The summed E-state index contributed by atoms with van der Waals surface area (Å²) in [7, 11) is -4.75. The summed E-state index contributed by atoms with van der Waals surface area (Å²) in [5, 5.41) is 35.1. The van der Waals surface area contributed by atoms with Crippen molar-refractivity contribution in [2.24, 2.45) is 0 Å². The van der Waals surface area contributed by atoms with E-state index in [2.05, 4.69) is 29.2 Å². The molecule has 0 aliphatic carbocycles. The van der Waals surface area contributed by atoms with E-state index in [-0.39, 0.29) is 30.2 Å². The molecule has 1 fully saturated rings. The molecule has 57 heavy (non-hydrogen) atoms. The summed E-state index contributed by atoms with van der Waals surface area (Å²) in [6.45, 7) is 2.98. The van der Waals surface area contributed by atoms with Gasteiger partial charge < -0.3 is 35.1 Å². The number of unbranched alkanes of at least 4 members (excludes halogenated alkanes) is 12. The van der Waals surface area contributed by atoms with Gasteiger partial charge in [0.2, 0.25) is 0 Å². The lowest BCUT2D eigenvalue weighted by molar-refractivity contribution is -0.0901. The molecule has 3 heterocycles. The van der Waals surface area contributed by atoms with Crippen LogP contribution < -0.4 is 5.73 Å². The highest BCUT2D eigenvalue weighted by Gasteiger charge is 2.54. The molecular formula is C41H61FN5O9P. The normalized spacial score (nSPS) is 21.3. The second-order valence-electron chi connectivity index (χ2n) is 14.8. The number of fused-ring (bicyclic) bond motifs is 1. The summed E-state index contributed by atoms with van der Waals surface area (Å²) in [6, 6.07) is 9.17. The summed E-state index contributed by atoms with van der Waals surface area (Å²) < 4.78 is 57.2. The van der Waals surface area contributed by atoms with E-state index in [9.17, 15) is 24.1 Å². The average Bonchev–Trinajstić information content (AvgIpc) is 3.74. The topological polar surface area (TPSA) is 204 Å². The maximum Gasteiger partial charge on any atom is 0.472 e. The van der Waals surface area contributed by atoms with E-state index in [4.69, 9.17) is 34.3 Å². The van der Waals surface area contributed by atoms with Crippen LogP contribution >= 0.6 is 7.82 Å². The number of phosphoric ester groups is 1. The van der Waals surface area contributed by atoms with Crippen LogP contribution in [0.2, 0.25) is 0 Å². The molecule has 1 aliphatic rings. The van der Waals surface area contributed by atoms with Crippen LogP contribution in [0, 0.1) is 17.1 Å². The Morgan fingerprint density at radius 2 is 1.70 bits per heavy atom. The summed E-state index contributed by atoms with van der Waals surface area (Å²) in [6.07, 6.45) is 17.5. The number of nitrogens with two attached hydrogens (primary N) is 1. The van der Waals surface area contributed by atoms with Gasteiger partial charge in [0.1, 0.15) is 47.7 Å². The molecule has 16 heteroatoms. The standard InChI is InChI=1S/C41H61FN5O9P/c1-3-4-5-6-7-8-9-10-11-12-13-14-15-16-17-18-23-52-27-33(53-26-32-20-19-31(25-43)24-34(32)42)28-54-57(50,51)55-29-36-38(48)39(49)41(2,56-36)37-22-21-35-40(44)45-30-46-47(35)37/h10-11,19-22,24,30,33,36,38-39,48-49H,3-9,12-18,23,26-29H2,1-2H3,(H,50,51)(H2,44,45,46)/b11-10-/t33-,36-,38-,39-,41+/m1/s1. The molecule has 1 saturated heterocycles. The van der Waals surface area contributed by atoms with Crippen molar-refractivity contribution in [3.05, 3.63) is 71.4 Å². The Balaban J connectivity index is 1.19. The van der Waals surface area contributed by atoms with Crippen molar-refractivity contribution >= 4 is 19.2 Å². The van der Waals surface area contributed by atoms with Crippen LogP contribution in [0.25, 0.3) is 5.52 Å². The highest BCUT2D eigenvalue weighted by molar-refractivity contribution is 7.47. The Bertz CT molecular complexity index is 1770. The number of nitrogen functional groups attached to an aromatic ring is 1. The van der Waals surface area contributed by atoms with Gasteiger partial charge >= 0.3 is 7.82 Å². The lowest BCUT2D eigenvalue weighted by Crippen LogP contribution is -2.39. The van der Waals surface area contributed by atoms with Crippen LogP contribution in [0.5, 0.6) is 0 Å². The SMILES string of the molecule is CCCCCCCC/C=C\CCCCCCCCOC[C@H](COP(=O)(O)OC[C@H]1O[C@@](C)(c2ccc3c(N)ncnn23)[C@H](O)[C@@H]1O)OCc1ccc(C#N)cc1F. The Hall–Kier alpha value is -3.29. The van der Waals surface area contributed by atoms with E-state index in [1.165, 1.54) is 80.8 Å². The van der Waals surface area contributed by atoms with Crippen molar-refractivity contribution in [3.63, 3.8) is 0 Å². The first-order valence-corrected chi connectivity index (χ1v) is 21.8. The van der Waals surface area contributed by atoms with Crippen LogP contribution in [0.1, 0.15) is 121 Å². The number of nitriles is 1. The molecule has 4 rings (SSSR count). The molecule has 0 bridgehead atoms. The van der Waals surface area contributed by atoms with Gasteiger partial charge in [0, 0.05) is 12.2 Å². The Labute approximate surface area is 335 Å². The maximum atomic E-state index is 14.6. The number of aromatic nitrogens is 3. The van der Waals surface area contributed by atoms with Gasteiger partial charge in [0.25, 0.3) is 0 Å². The zero-order valence-corrected chi connectivity index (χ0v) is 34.2. The van der Waals surface area contributed by atoms with E-state index in [1.807, 2.05) is 6.07 Å². The molecule has 6 atom stereocenters. The van der Waals surface area contributed by atoms with Crippen LogP contribution in [0.15, 0.2) is 48.8 Å². The summed E-state index contributed by atoms with van der Waals surface area (Å²) in [5.74, 6) is -0.414. The number of halogens is 1. The Morgan fingerprint density at radius 3 is 2.39 bits per heavy atom. The van der Waals surface area contributed by atoms with Crippen molar-refractivity contribution in [3.8, 4) is 6.07 Å². The molecule has 1 aliphatic heterocycles. The molecule has 0 amide bonds. The number of hydrogen-bond acceptors (Lipinski definition) is 12. The second-order valence-corrected chi connectivity index (χ2v) is 16.2. The van der Waals surface area contributed by atoms with E-state index < -0.39 is 56.9 Å². The third-order valence-corrected chi connectivity index (χ3v) is 11.2. The first-order valence-electron chi connectivity index (χ1n) is 20.3. The predicted molar refractivity (Wildman–Crippen MR) is 213 cm³/mol. The number of phosphoric acid groups is 1. The molecule has 1 unspecified atom stereocenters. The minimum absolute atomic E-state index is 0.00267. The first kappa shape index (κ1) is 46.4. The van der Waals surface area contributed by atoms with Gasteiger partial charge in [-0.1, -0.05) is 82.9 Å². The number of allylic oxidation sites excluding steroid dienone is 2. The van der Waals surface area contributed by atoms with Crippen LogP contribution in [-0.4, -0.2) is 80.5 Å². The minimum atomic E-state index is -4.75. The molecule has 3 aromatic rings. The minimum Gasteiger partial charge on any atom is -0.387 e. The zero-order valence-electron chi connectivity index (χ0n) is 33.3. The van der Waals surface area contributed by atoms with Crippen LogP contribution in [0.3, 0.4) is 0 Å². The average molecular weight is 818 g/mol. The van der Waals surface area contributed by atoms with Crippen LogP contribution in [-0.2, 0) is 40.0 Å². The molecule has 14 nitrogen and oxygen atoms in total. The second kappa shape index (κ2) is 24.0. The van der Waals surface area contributed by atoms with Crippen molar-refractivity contribution in [1.29, 1.82) is 5.26 Å². The lowest BCUT2D eigenvalue weighted by Gasteiger charge is -2.27. The number of ether oxygens (including phenoxy) is 3. The van der Waals surface area contributed by atoms with Crippen molar-refractivity contribution in [1.82, 2.24) is 14.6 Å². The first-order chi connectivity index (χ1) is 27.5. The number of nitrogens with zero attached hydrogens (tertiary/aromatic N) is 4. The summed E-state index contributed by atoms with van der Waals surface area (Å²) in [5.41, 5.74) is 5.65. The smallest absolute Gasteiger partial charge is 0.387 e. The monoisotopic (exact) mass is 817 g/mol. The molecular weight excluding hydrogens is 756 g/mol. The van der Waals surface area contributed by atoms with E-state index in [0.717, 1.165) is 38.2 Å². The Kier molecular flexibility index (Phi) is 19.5. The number of aliphatic hydroxyl groups excluding tert-OH is 2. The molecule has 0 saturated carbocycles. The van der Waals surface area contributed by atoms with Gasteiger partial charge in [-0.05, 0) is 63.3 Å². The van der Waals surface area contributed by atoms with Gasteiger partial charge in [-0.15, -0.1) is 0 Å². The van der Waals surface area contributed by atoms with Gasteiger partial charge in [-0.3, -0.25) is 9.05 Å². The zero-order chi connectivity index (χ0) is 41.1. The van der Waals surface area contributed by atoms with Gasteiger partial charge in [-0.25, -0.2) is 18.5 Å². The van der Waals surface area contributed by atoms with Crippen molar-refractivity contribution < 1.29 is 47.3 Å². The number of anilines is 1. The summed E-state index contributed by atoms with van der Waals surface area (Å²) in [4.78, 5) is 14.5. The highest BCUT2D eigenvalue weighted by atomic mass is 31.2. The van der Waals surface area contributed by atoms with Crippen molar-refractivity contribution in [2.45, 2.75) is 140 Å². The fourth-order valence-electron chi connectivity index (χ4n) is 6.79. The quantitative estimate of drug-likeness (QED) is 0.0320. The molecule has 5 N–H and O–H groups in total. The molecule has 1 aromatic carbocycles. The Morgan fingerprint density at radius 1 is 1.02 bits per heavy atom. The number of benzene rings is 1. The third kappa shape index (κ3) is 14.5. The van der Waals surface area contributed by atoms with E-state index in [0.29, 0.717) is 17.8 Å². The maximum absolute atomic E-state index is 14.6. The number of hydrogen-bond donors (Lipinski definition) is 4. The predicted octanol–water partition coefficient (Wildman–Crippen LogP) is 7.43. The van der Waals surface area contributed by atoms with E-state index in [1.54, 1.807) is 19.1 Å². The fourth-order valence-corrected chi connectivity index (χ4v) is 7.56. The molecule has 2 aromatic heterocycles. The van der Waals surface area contributed by atoms with Gasteiger partial charge in [0.15, 0.2) is 5.82 Å². The fraction of sp³-hybridized carbons (Fsp3) is 0.634. The largest absolute Gasteiger partial charge is 0.472 e. The van der Waals surface area contributed by atoms with Gasteiger partial charge in [0.05, 0.1) is 43.8 Å². The molecule has 0 radical (unpaired) electrons. The van der Waals surface area contributed by atoms with Crippen molar-refractivity contribution in [2.75, 3.05) is 32.2 Å².